The molecular weight excluding hydrogens is 304 g/mol. The Morgan fingerprint density at radius 2 is 1.88 bits per heavy atom. The summed E-state index contributed by atoms with van der Waals surface area (Å²) in [4.78, 5) is 11.8. The fourth-order valence-corrected chi connectivity index (χ4v) is 1.96. The summed E-state index contributed by atoms with van der Waals surface area (Å²) >= 11 is 0. The lowest BCUT2D eigenvalue weighted by molar-refractivity contribution is 0.249. The van der Waals surface area contributed by atoms with E-state index in [-0.39, 0.29) is 18.5 Å². The summed E-state index contributed by atoms with van der Waals surface area (Å²) < 4.78 is 5.67. The second-order valence-corrected chi connectivity index (χ2v) is 5.10. The summed E-state index contributed by atoms with van der Waals surface area (Å²) in [6.07, 6.45) is 0.249. The van der Waals surface area contributed by atoms with E-state index in [1.165, 1.54) is 0 Å². The zero-order chi connectivity index (χ0) is 17.4. The van der Waals surface area contributed by atoms with Crippen molar-refractivity contribution in [3.05, 3.63) is 54.1 Å². The van der Waals surface area contributed by atoms with Gasteiger partial charge in [-0.2, -0.15) is 10.5 Å². The van der Waals surface area contributed by atoms with Crippen LogP contribution in [0.15, 0.2) is 48.5 Å². The summed E-state index contributed by atoms with van der Waals surface area (Å²) in [7, 11) is 0. The van der Waals surface area contributed by atoms with Crippen molar-refractivity contribution in [2.24, 2.45) is 0 Å². The van der Waals surface area contributed by atoms with E-state index in [1.807, 2.05) is 6.07 Å². The molecule has 0 aliphatic rings. The van der Waals surface area contributed by atoms with Crippen LogP contribution in [-0.2, 0) is 0 Å². The van der Waals surface area contributed by atoms with E-state index >= 15 is 0 Å². The van der Waals surface area contributed by atoms with Crippen LogP contribution in [-0.4, -0.2) is 12.1 Å². The van der Waals surface area contributed by atoms with E-state index in [2.05, 4.69) is 16.7 Å². The average molecular weight is 320 g/mol. The molecule has 0 saturated carbocycles. The predicted molar refractivity (Wildman–Crippen MR) is 89.5 cm³/mol. The van der Waals surface area contributed by atoms with Crippen molar-refractivity contribution in [1.29, 1.82) is 10.5 Å². The number of amides is 2. The lowest BCUT2D eigenvalue weighted by Crippen LogP contribution is -2.35. The van der Waals surface area contributed by atoms with Crippen LogP contribution in [0.4, 0.5) is 10.5 Å². The zero-order valence-corrected chi connectivity index (χ0v) is 13.1. The Morgan fingerprint density at radius 1 is 1.17 bits per heavy atom. The monoisotopic (exact) mass is 320 g/mol. The maximum atomic E-state index is 11.8. The molecule has 0 heterocycles. The fourth-order valence-electron chi connectivity index (χ4n) is 1.96. The minimum absolute atomic E-state index is 0.222. The third-order valence-electron chi connectivity index (χ3n) is 3.12. The van der Waals surface area contributed by atoms with Crippen molar-refractivity contribution in [2.45, 2.75) is 19.4 Å². The Hall–Kier alpha value is -3.51. The molecule has 24 heavy (non-hydrogen) atoms. The molecule has 2 aromatic carbocycles. The highest BCUT2D eigenvalue weighted by molar-refractivity contribution is 5.89. The van der Waals surface area contributed by atoms with Crippen LogP contribution in [0.25, 0.3) is 0 Å². The Kier molecular flexibility index (Phi) is 5.76. The Labute approximate surface area is 140 Å². The first-order chi connectivity index (χ1) is 11.6. The molecule has 1 atom stereocenters. The van der Waals surface area contributed by atoms with E-state index < -0.39 is 0 Å². The van der Waals surface area contributed by atoms with Gasteiger partial charge in [-0.05, 0) is 43.3 Å². The van der Waals surface area contributed by atoms with Crippen LogP contribution in [0.2, 0.25) is 0 Å². The molecule has 120 valence electrons. The lowest BCUT2D eigenvalue weighted by atomic mass is 10.2. The van der Waals surface area contributed by atoms with Gasteiger partial charge in [0.25, 0.3) is 0 Å². The molecule has 0 fully saturated rings. The number of anilines is 1. The molecule has 0 aromatic heterocycles. The van der Waals surface area contributed by atoms with Gasteiger partial charge in [-0.1, -0.05) is 12.1 Å². The van der Waals surface area contributed by atoms with E-state index in [0.29, 0.717) is 22.7 Å². The highest BCUT2D eigenvalue weighted by Crippen LogP contribution is 2.25. The first-order valence-corrected chi connectivity index (χ1v) is 7.34. The smallest absolute Gasteiger partial charge is 0.319 e. The van der Waals surface area contributed by atoms with Crippen molar-refractivity contribution in [1.82, 2.24) is 5.32 Å². The molecule has 0 unspecified atom stereocenters. The average Bonchev–Trinajstić information content (AvgIpc) is 2.57. The number of carbonyl (C=O) groups excluding carboxylic acids is 1. The lowest BCUT2D eigenvalue weighted by Gasteiger charge is -2.12. The normalized spacial score (nSPS) is 10.8. The minimum atomic E-state index is -0.374. The first-order valence-electron chi connectivity index (χ1n) is 7.34. The van der Waals surface area contributed by atoms with E-state index in [4.69, 9.17) is 15.3 Å². The van der Waals surface area contributed by atoms with Crippen molar-refractivity contribution < 1.29 is 9.53 Å². The number of hydrogen-bond acceptors (Lipinski definition) is 4. The molecule has 2 N–H and O–H groups in total. The van der Waals surface area contributed by atoms with Gasteiger partial charge >= 0.3 is 6.03 Å². The van der Waals surface area contributed by atoms with Crippen LogP contribution in [0, 0.1) is 22.7 Å². The zero-order valence-electron chi connectivity index (χ0n) is 13.1. The molecule has 2 aromatic rings. The van der Waals surface area contributed by atoms with Gasteiger partial charge in [0.15, 0.2) is 0 Å². The van der Waals surface area contributed by atoms with Crippen LogP contribution < -0.4 is 15.4 Å². The molecular formula is C18H16N4O2. The largest absolute Gasteiger partial charge is 0.456 e. The maximum Gasteiger partial charge on any atom is 0.319 e. The van der Waals surface area contributed by atoms with E-state index in [0.717, 1.165) is 0 Å². The van der Waals surface area contributed by atoms with E-state index in [1.54, 1.807) is 55.5 Å². The molecule has 0 spiro atoms. The van der Waals surface area contributed by atoms with Crippen LogP contribution in [0.3, 0.4) is 0 Å². The van der Waals surface area contributed by atoms with Crippen LogP contribution in [0.5, 0.6) is 11.5 Å². The number of benzene rings is 2. The van der Waals surface area contributed by atoms with Crippen molar-refractivity contribution in [2.75, 3.05) is 5.32 Å². The van der Waals surface area contributed by atoms with Crippen molar-refractivity contribution >= 4 is 11.7 Å². The molecule has 2 amide bonds. The summed E-state index contributed by atoms with van der Waals surface area (Å²) in [5.41, 5.74) is 1.04. The van der Waals surface area contributed by atoms with Crippen LogP contribution >= 0.6 is 0 Å². The summed E-state index contributed by atoms with van der Waals surface area (Å²) in [6.45, 7) is 1.76. The number of carbonyl (C=O) groups is 1. The topological polar surface area (TPSA) is 97.9 Å². The quantitative estimate of drug-likeness (QED) is 0.876. The Morgan fingerprint density at radius 3 is 2.54 bits per heavy atom. The number of rotatable bonds is 5. The molecule has 0 radical (unpaired) electrons. The number of hydrogen-bond donors (Lipinski definition) is 2. The number of nitrogens with one attached hydrogen (secondary N) is 2. The molecule has 0 aliphatic heterocycles. The van der Waals surface area contributed by atoms with Gasteiger partial charge in [-0.15, -0.1) is 0 Å². The summed E-state index contributed by atoms with van der Waals surface area (Å²) in [5, 5.41) is 23.0. The highest BCUT2D eigenvalue weighted by atomic mass is 16.5. The maximum absolute atomic E-state index is 11.8. The summed E-state index contributed by atoms with van der Waals surface area (Å²) in [6, 6.07) is 17.2. The molecule has 6 nitrogen and oxygen atoms in total. The van der Waals surface area contributed by atoms with Crippen molar-refractivity contribution in [3.63, 3.8) is 0 Å². The number of ether oxygens (including phenoxy) is 1. The standard InChI is InChI=1S/C18H16N4O2/c1-13(10-11-19)21-18(23)22-15-6-8-16(9-7-15)24-17-5-3-2-4-14(17)12-20/h2-9,13H,10H2,1H3,(H2,21,22,23)/t13-/m1/s1. The number of nitriles is 2. The van der Waals surface area contributed by atoms with Crippen LogP contribution in [0.1, 0.15) is 18.9 Å². The SMILES string of the molecule is C[C@H](CC#N)NC(=O)Nc1ccc(Oc2ccccc2C#N)cc1. The Balaban J connectivity index is 1.97. The molecule has 0 bridgehead atoms. The third-order valence-corrected chi connectivity index (χ3v) is 3.12. The van der Waals surface area contributed by atoms with Gasteiger partial charge in [0.1, 0.15) is 17.6 Å². The van der Waals surface area contributed by atoms with Gasteiger partial charge in [-0.3, -0.25) is 0 Å². The van der Waals surface area contributed by atoms with Gasteiger partial charge in [0, 0.05) is 11.7 Å². The van der Waals surface area contributed by atoms with Gasteiger partial charge in [0.05, 0.1) is 18.1 Å². The third kappa shape index (κ3) is 4.75. The Bertz CT molecular complexity index is 788. The van der Waals surface area contributed by atoms with Crippen molar-refractivity contribution in [3.8, 4) is 23.6 Å². The number of nitrogens with zero attached hydrogens (tertiary/aromatic N) is 2. The number of urea groups is 1. The van der Waals surface area contributed by atoms with Gasteiger partial charge in [0.2, 0.25) is 0 Å². The van der Waals surface area contributed by atoms with Gasteiger partial charge in [-0.25, -0.2) is 4.79 Å². The molecule has 2 rings (SSSR count). The molecule has 0 aliphatic carbocycles. The fraction of sp³-hybridized carbons (Fsp3) is 0.167. The number of para-hydroxylation sites is 1. The highest BCUT2D eigenvalue weighted by Gasteiger charge is 2.07. The van der Waals surface area contributed by atoms with E-state index in [9.17, 15) is 4.79 Å². The van der Waals surface area contributed by atoms with Gasteiger partial charge < -0.3 is 15.4 Å². The predicted octanol–water partition coefficient (Wildman–Crippen LogP) is 3.77. The first kappa shape index (κ1) is 16.9. The minimum Gasteiger partial charge on any atom is -0.456 e. The summed E-state index contributed by atoms with van der Waals surface area (Å²) in [5.74, 6) is 1.03. The second kappa shape index (κ2) is 8.21. The molecule has 0 saturated heterocycles. The molecule has 6 heteroatoms. The second-order valence-electron chi connectivity index (χ2n) is 5.10.